The van der Waals surface area contributed by atoms with Crippen LogP contribution in [0.3, 0.4) is 0 Å². The van der Waals surface area contributed by atoms with E-state index in [9.17, 15) is 9.18 Å². The third-order valence-corrected chi connectivity index (χ3v) is 4.50. The Kier molecular flexibility index (Phi) is 5.87. The molecule has 0 radical (unpaired) electrons. The average molecular weight is 387 g/mol. The molecule has 140 valence electrons. The number of rotatable bonds is 7. The Morgan fingerprint density at radius 1 is 1.11 bits per heavy atom. The number of nitrogens with one attached hydrogen (secondary N) is 2. The van der Waals surface area contributed by atoms with Crippen molar-refractivity contribution in [3.05, 3.63) is 64.9 Å². The highest BCUT2D eigenvalue weighted by molar-refractivity contribution is 7.14. The van der Waals surface area contributed by atoms with Gasteiger partial charge >= 0.3 is 0 Å². The Labute approximate surface area is 160 Å². The number of thiazole rings is 1. The van der Waals surface area contributed by atoms with E-state index in [1.807, 2.05) is 6.07 Å². The topological polar surface area (TPSA) is 72.5 Å². The molecule has 6 nitrogen and oxygen atoms in total. The maximum Gasteiger partial charge on any atom is 0.271 e. The second-order valence-corrected chi connectivity index (χ2v) is 6.40. The van der Waals surface area contributed by atoms with Gasteiger partial charge in [0.2, 0.25) is 0 Å². The molecule has 0 unspecified atom stereocenters. The van der Waals surface area contributed by atoms with Gasteiger partial charge in [0.25, 0.3) is 5.91 Å². The van der Waals surface area contributed by atoms with Crippen molar-refractivity contribution in [3.8, 4) is 11.5 Å². The first-order chi connectivity index (χ1) is 13.1. The zero-order valence-electron chi connectivity index (χ0n) is 14.8. The molecular weight excluding hydrogens is 369 g/mol. The van der Waals surface area contributed by atoms with Gasteiger partial charge in [0.15, 0.2) is 16.6 Å². The number of anilines is 2. The van der Waals surface area contributed by atoms with Gasteiger partial charge in [-0.3, -0.25) is 4.79 Å². The minimum absolute atomic E-state index is 0.295. The van der Waals surface area contributed by atoms with Crippen LogP contribution in [0.4, 0.5) is 15.2 Å². The zero-order chi connectivity index (χ0) is 19.2. The van der Waals surface area contributed by atoms with Gasteiger partial charge in [0.1, 0.15) is 11.5 Å². The molecule has 0 saturated heterocycles. The normalized spacial score (nSPS) is 10.3. The van der Waals surface area contributed by atoms with E-state index >= 15 is 0 Å². The van der Waals surface area contributed by atoms with Gasteiger partial charge in [0.05, 0.1) is 14.2 Å². The molecule has 1 heterocycles. The van der Waals surface area contributed by atoms with Crippen LogP contribution in [0, 0.1) is 5.82 Å². The van der Waals surface area contributed by atoms with Gasteiger partial charge < -0.3 is 20.1 Å². The molecule has 3 rings (SSSR count). The maximum atomic E-state index is 12.9. The smallest absolute Gasteiger partial charge is 0.271 e. The molecule has 1 aromatic heterocycles. The highest BCUT2D eigenvalue weighted by atomic mass is 32.1. The van der Waals surface area contributed by atoms with E-state index in [0.717, 1.165) is 11.3 Å². The monoisotopic (exact) mass is 387 g/mol. The number of amides is 1. The van der Waals surface area contributed by atoms with E-state index in [4.69, 9.17) is 9.47 Å². The van der Waals surface area contributed by atoms with Gasteiger partial charge in [-0.1, -0.05) is 12.1 Å². The van der Waals surface area contributed by atoms with E-state index in [1.54, 1.807) is 43.9 Å². The van der Waals surface area contributed by atoms with Crippen LogP contribution in [-0.2, 0) is 6.54 Å². The van der Waals surface area contributed by atoms with Crippen LogP contribution >= 0.6 is 11.3 Å². The fourth-order valence-corrected chi connectivity index (χ4v) is 3.06. The van der Waals surface area contributed by atoms with Crippen molar-refractivity contribution in [1.29, 1.82) is 0 Å². The van der Waals surface area contributed by atoms with Crippen molar-refractivity contribution >= 4 is 28.1 Å². The van der Waals surface area contributed by atoms with Crippen molar-refractivity contribution < 1.29 is 18.7 Å². The SMILES string of the molecule is COc1ccc(Nc2nc(C(=O)NCc3ccc(F)cc3)cs2)cc1OC. The Morgan fingerprint density at radius 2 is 1.85 bits per heavy atom. The standard InChI is InChI=1S/C19H18FN3O3S/c1-25-16-8-7-14(9-17(16)26-2)22-19-23-15(11-27-19)18(24)21-10-12-3-5-13(20)6-4-12/h3-9,11H,10H2,1-2H3,(H,21,24)(H,22,23). The van der Waals surface area contributed by atoms with E-state index in [2.05, 4.69) is 15.6 Å². The maximum absolute atomic E-state index is 12.9. The number of carbonyl (C=O) groups excluding carboxylic acids is 1. The number of methoxy groups -OCH3 is 2. The summed E-state index contributed by atoms with van der Waals surface area (Å²) >= 11 is 1.32. The molecule has 0 bridgehead atoms. The van der Waals surface area contributed by atoms with Crippen LogP contribution in [0.15, 0.2) is 47.8 Å². The number of aromatic nitrogens is 1. The molecule has 8 heteroatoms. The molecule has 2 aromatic carbocycles. The molecular formula is C19H18FN3O3S. The summed E-state index contributed by atoms with van der Waals surface area (Å²) < 4.78 is 23.4. The minimum Gasteiger partial charge on any atom is -0.493 e. The van der Waals surface area contributed by atoms with Crippen LogP contribution < -0.4 is 20.1 Å². The molecule has 27 heavy (non-hydrogen) atoms. The zero-order valence-corrected chi connectivity index (χ0v) is 15.6. The molecule has 0 saturated carbocycles. The fraction of sp³-hybridized carbons (Fsp3) is 0.158. The van der Waals surface area contributed by atoms with E-state index in [1.165, 1.54) is 23.5 Å². The highest BCUT2D eigenvalue weighted by Gasteiger charge is 2.12. The second-order valence-electron chi connectivity index (χ2n) is 5.54. The summed E-state index contributed by atoms with van der Waals surface area (Å²) in [6, 6.07) is 11.4. The van der Waals surface area contributed by atoms with Crippen LogP contribution in [0.25, 0.3) is 0 Å². The summed E-state index contributed by atoms with van der Waals surface area (Å²) in [7, 11) is 3.14. The van der Waals surface area contributed by atoms with Gasteiger partial charge in [0, 0.05) is 23.7 Å². The number of ether oxygens (including phenoxy) is 2. The number of hydrogen-bond acceptors (Lipinski definition) is 6. The lowest BCUT2D eigenvalue weighted by molar-refractivity contribution is 0.0946. The first-order valence-corrected chi connectivity index (χ1v) is 8.94. The lowest BCUT2D eigenvalue weighted by atomic mass is 10.2. The van der Waals surface area contributed by atoms with E-state index in [0.29, 0.717) is 28.9 Å². The Bertz CT molecular complexity index is 928. The van der Waals surface area contributed by atoms with E-state index < -0.39 is 0 Å². The molecule has 1 amide bonds. The number of halogens is 1. The van der Waals surface area contributed by atoms with Crippen LogP contribution in [0.2, 0.25) is 0 Å². The quantitative estimate of drug-likeness (QED) is 0.642. The molecule has 0 fully saturated rings. The van der Waals surface area contributed by atoms with Crippen LogP contribution in [-0.4, -0.2) is 25.1 Å². The molecule has 0 aliphatic heterocycles. The van der Waals surface area contributed by atoms with Crippen LogP contribution in [0.1, 0.15) is 16.1 Å². The lowest BCUT2D eigenvalue weighted by Crippen LogP contribution is -2.23. The molecule has 2 N–H and O–H groups in total. The third-order valence-electron chi connectivity index (χ3n) is 3.74. The number of nitrogens with zero attached hydrogens (tertiary/aromatic N) is 1. The van der Waals surface area contributed by atoms with Crippen molar-refractivity contribution in [2.75, 3.05) is 19.5 Å². The predicted octanol–water partition coefficient (Wildman–Crippen LogP) is 3.97. The fourth-order valence-electron chi connectivity index (χ4n) is 2.35. The van der Waals surface area contributed by atoms with Gasteiger partial charge in [-0.05, 0) is 29.8 Å². The number of hydrogen-bond donors (Lipinski definition) is 2. The minimum atomic E-state index is -0.310. The first-order valence-electron chi connectivity index (χ1n) is 8.06. The van der Waals surface area contributed by atoms with Gasteiger partial charge in [-0.15, -0.1) is 11.3 Å². The highest BCUT2D eigenvalue weighted by Crippen LogP contribution is 2.31. The molecule has 0 aliphatic rings. The molecule has 3 aromatic rings. The molecule has 0 atom stereocenters. The van der Waals surface area contributed by atoms with Gasteiger partial charge in [-0.2, -0.15) is 0 Å². The summed E-state index contributed by atoms with van der Waals surface area (Å²) in [5, 5.41) is 8.15. The third kappa shape index (κ3) is 4.73. The van der Waals surface area contributed by atoms with Crippen molar-refractivity contribution in [2.24, 2.45) is 0 Å². The summed E-state index contributed by atoms with van der Waals surface area (Å²) in [5.41, 5.74) is 1.88. The average Bonchev–Trinajstić information content (AvgIpc) is 3.15. The number of carbonyl (C=O) groups is 1. The summed E-state index contributed by atoms with van der Waals surface area (Å²) in [5.74, 6) is 0.616. The van der Waals surface area contributed by atoms with Gasteiger partial charge in [-0.25, -0.2) is 9.37 Å². The summed E-state index contributed by atoms with van der Waals surface area (Å²) in [4.78, 5) is 16.5. The predicted molar refractivity (Wildman–Crippen MR) is 103 cm³/mol. The van der Waals surface area contributed by atoms with Crippen LogP contribution in [0.5, 0.6) is 11.5 Å². The molecule has 0 spiro atoms. The van der Waals surface area contributed by atoms with E-state index in [-0.39, 0.29) is 11.7 Å². The Morgan fingerprint density at radius 3 is 2.56 bits per heavy atom. The molecule has 0 aliphatic carbocycles. The summed E-state index contributed by atoms with van der Waals surface area (Å²) in [6.45, 7) is 0.301. The lowest BCUT2D eigenvalue weighted by Gasteiger charge is -2.09. The largest absolute Gasteiger partial charge is 0.493 e. The summed E-state index contributed by atoms with van der Waals surface area (Å²) in [6.07, 6.45) is 0. The van der Waals surface area contributed by atoms with Crippen molar-refractivity contribution in [3.63, 3.8) is 0 Å². The Hall–Kier alpha value is -3.13. The second kappa shape index (κ2) is 8.50. The first kappa shape index (κ1) is 18.7. The Balaban J connectivity index is 1.62. The van der Waals surface area contributed by atoms with Crippen molar-refractivity contribution in [1.82, 2.24) is 10.3 Å². The number of benzene rings is 2. The van der Waals surface area contributed by atoms with Crippen molar-refractivity contribution in [2.45, 2.75) is 6.54 Å².